The Morgan fingerprint density at radius 2 is 1.11 bits per heavy atom. The van der Waals surface area contributed by atoms with Gasteiger partial charge in [-0.2, -0.15) is 0 Å². The van der Waals surface area contributed by atoms with Gasteiger partial charge in [0.2, 0.25) is 0 Å². The minimum atomic E-state index is 0. The van der Waals surface area contributed by atoms with Crippen LogP contribution in [0, 0.1) is 35.5 Å². The summed E-state index contributed by atoms with van der Waals surface area (Å²) in [6, 6.07) is 0. The lowest BCUT2D eigenvalue weighted by Crippen LogP contribution is -2.39. The number of fused-ring (bicyclic) bond motifs is 3. The molecular weight excluding hydrogens is 448 g/mol. The molecule has 4 heteroatoms. The van der Waals surface area contributed by atoms with Crippen LogP contribution < -0.4 is 0 Å². The van der Waals surface area contributed by atoms with Gasteiger partial charge in [-0.3, -0.25) is 4.79 Å². The van der Waals surface area contributed by atoms with Crippen LogP contribution in [0.4, 0.5) is 0 Å². The van der Waals surface area contributed by atoms with Crippen LogP contribution in [0.15, 0.2) is 24.7 Å². The van der Waals surface area contributed by atoms with Crippen molar-refractivity contribution in [2.45, 2.75) is 136 Å². The lowest BCUT2D eigenvalue weighted by Gasteiger charge is -2.39. The summed E-state index contributed by atoms with van der Waals surface area (Å²) in [6.45, 7) is 14.5. The molecule has 3 saturated heterocycles. The smallest absolute Gasteiger partial charge is 0.306 e. The molecule has 0 amide bonds. The molecule has 3 saturated carbocycles. The quantitative estimate of drug-likeness (QED) is 0.311. The van der Waals surface area contributed by atoms with E-state index in [1.807, 2.05) is 0 Å². The molecule has 0 N–H and O–H groups in total. The number of carbonyl (C=O) groups excluding carboxylic acids is 1. The number of hydrogen-bond donors (Lipinski definition) is 0. The number of rotatable bonds is 0. The highest BCUT2D eigenvalue weighted by atomic mass is 16.5. The predicted octanol–water partition coefficient (Wildman–Crippen LogP) is 8.60. The van der Waals surface area contributed by atoms with Crippen LogP contribution in [0.1, 0.15) is 118 Å². The molecule has 0 aromatic heterocycles. The van der Waals surface area contributed by atoms with Gasteiger partial charge in [0.15, 0.2) is 0 Å². The van der Waals surface area contributed by atoms with Crippen LogP contribution in [-0.2, 0) is 19.0 Å². The van der Waals surface area contributed by atoms with Gasteiger partial charge in [0.05, 0.1) is 11.5 Å². The van der Waals surface area contributed by atoms with Crippen molar-refractivity contribution >= 4 is 5.97 Å². The van der Waals surface area contributed by atoms with Gasteiger partial charge in [-0.1, -0.05) is 54.2 Å². The lowest BCUT2D eigenvalue weighted by atomic mass is 9.76. The molecule has 3 aliphatic carbocycles. The second-order valence-corrected chi connectivity index (χ2v) is 12.4. The van der Waals surface area contributed by atoms with E-state index in [1.54, 1.807) is 0 Å². The van der Waals surface area contributed by atoms with Crippen LogP contribution >= 0.6 is 0 Å². The summed E-state index contributed by atoms with van der Waals surface area (Å²) in [6.07, 6.45) is 18.9. The first-order valence-corrected chi connectivity index (χ1v) is 14.7. The number of esters is 1. The average molecular weight is 503 g/mol. The lowest BCUT2D eigenvalue weighted by molar-refractivity contribution is -0.165. The van der Waals surface area contributed by atoms with E-state index in [9.17, 15) is 4.79 Å². The van der Waals surface area contributed by atoms with Crippen molar-refractivity contribution in [1.82, 2.24) is 0 Å². The SMILES string of the molecule is C.C=C1OC2CCCC2CC1C.C=C1OC2CCCCC2CC1C.CC1CC(=O)OC2CCCCC12. The predicted molar refractivity (Wildman–Crippen MR) is 147 cm³/mol. The summed E-state index contributed by atoms with van der Waals surface area (Å²) < 4.78 is 16.9. The molecule has 6 rings (SSSR count). The third-order valence-electron chi connectivity index (χ3n) is 9.70. The molecule has 6 fully saturated rings. The molecule has 36 heavy (non-hydrogen) atoms. The van der Waals surface area contributed by atoms with Crippen LogP contribution in [0.3, 0.4) is 0 Å². The highest BCUT2D eigenvalue weighted by Crippen LogP contribution is 2.41. The van der Waals surface area contributed by atoms with Gasteiger partial charge in [-0.25, -0.2) is 0 Å². The van der Waals surface area contributed by atoms with Gasteiger partial charge in [0.25, 0.3) is 0 Å². The maximum Gasteiger partial charge on any atom is 0.306 e. The van der Waals surface area contributed by atoms with Gasteiger partial charge in [-0.05, 0) is 94.3 Å². The third kappa shape index (κ3) is 7.32. The van der Waals surface area contributed by atoms with Gasteiger partial charge in [0.1, 0.15) is 18.3 Å². The molecule has 0 aromatic carbocycles. The van der Waals surface area contributed by atoms with E-state index < -0.39 is 0 Å². The maximum absolute atomic E-state index is 11.1. The molecule has 3 heterocycles. The number of allylic oxidation sites excluding steroid dienone is 2. The minimum Gasteiger partial charge on any atom is -0.495 e. The first kappa shape index (κ1) is 29.1. The average Bonchev–Trinajstić information content (AvgIpc) is 3.28. The van der Waals surface area contributed by atoms with E-state index in [-0.39, 0.29) is 19.5 Å². The molecule has 3 aliphatic heterocycles. The Labute approximate surface area is 221 Å². The third-order valence-corrected chi connectivity index (χ3v) is 9.70. The number of carbonyl (C=O) groups is 1. The molecule has 9 unspecified atom stereocenters. The zero-order valence-electron chi connectivity index (χ0n) is 22.6. The normalized spacial score (nSPS) is 41.1. The Kier molecular flexibility index (Phi) is 10.8. The fourth-order valence-electron chi connectivity index (χ4n) is 7.37. The molecule has 0 radical (unpaired) electrons. The van der Waals surface area contributed by atoms with Crippen LogP contribution in [-0.4, -0.2) is 24.3 Å². The summed E-state index contributed by atoms with van der Waals surface area (Å²) >= 11 is 0. The number of hydrogen-bond acceptors (Lipinski definition) is 4. The van der Waals surface area contributed by atoms with Crippen LogP contribution in [0.2, 0.25) is 0 Å². The Morgan fingerprint density at radius 1 is 0.639 bits per heavy atom. The topological polar surface area (TPSA) is 44.8 Å². The summed E-state index contributed by atoms with van der Waals surface area (Å²) in [5.74, 6) is 6.14. The molecule has 6 aliphatic rings. The molecule has 9 atom stereocenters. The van der Waals surface area contributed by atoms with Crippen molar-refractivity contribution in [2.24, 2.45) is 35.5 Å². The second-order valence-electron chi connectivity index (χ2n) is 12.4. The summed E-state index contributed by atoms with van der Waals surface area (Å²) in [4.78, 5) is 11.1. The molecule has 0 spiro atoms. The second kappa shape index (κ2) is 13.4. The Bertz CT molecular complexity index is 744. The van der Waals surface area contributed by atoms with Crippen LogP contribution in [0.25, 0.3) is 0 Å². The zero-order valence-corrected chi connectivity index (χ0v) is 22.6. The molecule has 0 aromatic rings. The molecule has 0 bridgehead atoms. The number of ether oxygens (including phenoxy) is 3. The van der Waals surface area contributed by atoms with Crippen molar-refractivity contribution in [3.05, 3.63) is 24.7 Å². The van der Waals surface area contributed by atoms with Crippen molar-refractivity contribution < 1.29 is 19.0 Å². The zero-order chi connectivity index (χ0) is 24.9. The monoisotopic (exact) mass is 502 g/mol. The molecule has 206 valence electrons. The fraction of sp³-hybridized carbons (Fsp3) is 0.844. The van der Waals surface area contributed by atoms with Crippen molar-refractivity contribution in [2.75, 3.05) is 0 Å². The first-order chi connectivity index (χ1) is 16.8. The maximum atomic E-state index is 11.1. The van der Waals surface area contributed by atoms with E-state index in [4.69, 9.17) is 14.2 Å². The van der Waals surface area contributed by atoms with E-state index >= 15 is 0 Å². The first-order valence-electron chi connectivity index (χ1n) is 14.7. The summed E-state index contributed by atoms with van der Waals surface area (Å²) in [5.41, 5.74) is 0. The Morgan fingerprint density at radius 3 is 1.72 bits per heavy atom. The molecular formula is C32H54O4. The highest BCUT2D eigenvalue weighted by Gasteiger charge is 2.38. The Balaban J connectivity index is 0.000000149. The Hall–Kier alpha value is -1.45. The van der Waals surface area contributed by atoms with Crippen molar-refractivity contribution in [3.8, 4) is 0 Å². The minimum absolute atomic E-state index is 0. The van der Waals surface area contributed by atoms with E-state index in [0.29, 0.717) is 42.3 Å². The van der Waals surface area contributed by atoms with Crippen molar-refractivity contribution in [1.29, 1.82) is 0 Å². The van der Waals surface area contributed by atoms with Gasteiger partial charge >= 0.3 is 5.97 Å². The largest absolute Gasteiger partial charge is 0.495 e. The van der Waals surface area contributed by atoms with Gasteiger partial charge in [-0.15, -0.1) is 0 Å². The summed E-state index contributed by atoms with van der Waals surface area (Å²) in [5, 5.41) is 0. The fourth-order valence-corrected chi connectivity index (χ4v) is 7.37. The van der Waals surface area contributed by atoms with Crippen molar-refractivity contribution in [3.63, 3.8) is 0 Å². The standard InChI is InChI=1S/C11H18O.C10H16O2.C10H16O.CH4/c1-8-7-10-5-3-4-6-11(10)12-9(8)2;1-7-6-10(11)12-9-5-3-2-4-8(7)9;1-7-6-9-4-3-5-10(9)11-8(7)2;/h8,10-11H,2-7H2,1H3;7-9H,2-6H2,1H3;7,9-10H,2-6H2,1H3;1H4. The van der Waals surface area contributed by atoms with Gasteiger partial charge < -0.3 is 14.2 Å². The molecule has 4 nitrogen and oxygen atoms in total. The van der Waals surface area contributed by atoms with Gasteiger partial charge in [0, 0.05) is 18.3 Å². The van der Waals surface area contributed by atoms with E-state index in [0.717, 1.165) is 29.8 Å². The summed E-state index contributed by atoms with van der Waals surface area (Å²) in [7, 11) is 0. The van der Waals surface area contributed by atoms with Crippen LogP contribution in [0.5, 0.6) is 0 Å². The van der Waals surface area contributed by atoms with E-state index in [1.165, 1.54) is 77.0 Å². The highest BCUT2D eigenvalue weighted by molar-refractivity contribution is 5.70. The van der Waals surface area contributed by atoms with E-state index in [2.05, 4.69) is 33.9 Å².